The molecule has 1 aromatic rings. The summed E-state index contributed by atoms with van der Waals surface area (Å²) in [6, 6.07) is 7.02. The molecule has 0 bridgehead atoms. The first-order chi connectivity index (χ1) is 8.09. The molecule has 0 saturated carbocycles. The second-order valence-corrected chi connectivity index (χ2v) is 5.05. The Bertz CT molecular complexity index is 332. The number of rotatable bonds is 7. The predicted octanol–water partition coefficient (Wildman–Crippen LogP) is 2.56. The zero-order chi connectivity index (χ0) is 12.7. The molecule has 0 aromatic heterocycles. The van der Waals surface area contributed by atoms with Crippen LogP contribution in [-0.2, 0) is 6.42 Å². The topological polar surface area (TPSA) is 38.0 Å². The van der Waals surface area contributed by atoms with Gasteiger partial charge in [0.1, 0.15) is 0 Å². The molecule has 1 atom stereocenters. The van der Waals surface area contributed by atoms with Gasteiger partial charge in [0.05, 0.1) is 0 Å². The first-order valence-electron chi connectivity index (χ1n) is 6.62. The Hall–Kier alpha value is -0.860. The molecular formula is C15H26N2. The fraction of sp³-hybridized carbons (Fsp3) is 0.600. The molecule has 1 aromatic carbocycles. The molecule has 96 valence electrons. The fourth-order valence-electron chi connectivity index (χ4n) is 2.02. The molecule has 0 aliphatic carbocycles. The van der Waals surface area contributed by atoms with Crippen molar-refractivity contribution in [3.05, 3.63) is 34.9 Å². The van der Waals surface area contributed by atoms with Crippen molar-refractivity contribution in [3.63, 3.8) is 0 Å². The zero-order valence-corrected chi connectivity index (χ0v) is 11.4. The summed E-state index contributed by atoms with van der Waals surface area (Å²) in [5, 5.41) is 3.48. The Morgan fingerprint density at radius 2 is 2.00 bits per heavy atom. The fourth-order valence-corrected chi connectivity index (χ4v) is 2.02. The van der Waals surface area contributed by atoms with Crippen molar-refractivity contribution in [1.82, 2.24) is 5.32 Å². The van der Waals surface area contributed by atoms with Crippen LogP contribution in [0.2, 0.25) is 0 Å². The van der Waals surface area contributed by atoms with Crippen LogP contribution in [0, 0.1) is 13.8 Å². The van der Waals surface area contributed by atoms with Gasteiger partial charge < -0.3 is 11.1 Å². The molecule has 17 heavy (non-hydrogen) atoms. The highest BCUT2D eigenvalue weighted by Gasteiger charge is 1.98. The number of hydrogen-bond acceptors (Lipinski definition) is 2. The summed E-state index contributed by atoms with van der Waals surface area (Å²) in [5.74, 6) is 0. The summed E-state index contributed by atoms with van der Waals surface area (Å²) in [7, 11) is 0. The van der Waals surface area contributed by atoms with Gasteiger partial charge in [-0.2, -0.15) is 0 Å². The first kappa shape index (κ1) is 14.2. The monoisotopic (exact) mass is 234 g/mol. The van der Waals surface area contributed by atoms with Gasteiger partial charge in [-0.25, -0.2) is 0 Å². The molecule has 0 amide bonds. The van der Waals surface area contributed by atoms with Gasteiger partial charge in [0.25, 0.3) is 0 Å². The molecule has 2 nitrogen and oxygen atoms in total. The van der Waals surface area contributed by atoms with Crippen molar-refractivity contribution in [2.24, 2.45) is 5.73 Å². The van der Waals surface area contributed by atoms with Crippen LogP contribution in [0.1, 0.15) is 36.5 Å². The molecular weight excluding hydrogens is 208 g/mol. The largest absolute Gasteiger partial charge is 0.328 e. The van der Waals surface area contributed by atoms with Gasteiger partial charge in [0.15, 0.2) is 0 Å². The summed E-state index contributed by atoms with van der Waals surface area (Å²) < 4.78 is 0. The summed E-state index contributed by atoms with van der Waals surface area (Å²) >= 11 is 0. The van der Waals surface area contributed by atoms with Gasteiger partial charge in [-0.15, -0.1) is 0 Å². The third kappa shape index (κ3) is 5.85. The Kier molecular flexibility index (Phi) is 6.23. The highest BCUT2D eigenvalue weighted by molar-refractivity contribution is 5.30. The van der Waals surface area contributed by atoms with E-state index in [4.69, 9.17) is 5.73 Å². The minimum Gasteiger partial charge on any atom is -0.328 e. The third-order valence-electron chi connectivity index (χ3n) is 3.08. The first-order valence-corrected chi connectivity index (χ1v) is 6.62. The molecule has 0 fully saturated rings. The summed E-state index contributed by atoms with van der Waals surface area (Å²) in [5.41, 5.74) is 9.91. The molecule has 1 rings (SSSR count). The minimum absolute atomic E-state index is 0.330. The van der Waals surface area contributed by atoms with Crippen LogP contribution in [0.4, 0.5) is 0 Å². The van der Waals surface area contributed by atoms with Gasteiger partial charge in [-0.3, -0.25) is 0 Å². The van der Waals surface area contributed by atoms with E-state index in [2.05, 4.69) is 44.3 Å². The highest BCUT2D eigenvalue weighted by Crippen LogP contribution is 2.10. The zero-order valence-electron chi connectivity index (χ0n) is 11.4. The lowest BCUT2D eigenvalue weighted by molar-refractivity contribution is 0.575. The van der Waals surface area contributed by atoms with Crippen molar-refractivity contribution in [1.29, 1.82) is 0 Å². The summed E-state index contributed by atoms with van der Waals surface area (Å²) in [6.07, 6.45) is 3.39. The van der Waals surface area contributed by atoms with Crippen molar-refractivity contribution < 1.29 is 0 Å². The Morgan fingerprint density at radius 1 is 1.24 bits per heavy atom. The quantitative estimate of drug-likeness (QED) is 0.712. The molecule has 0 radical (unpaired) electrons. The summed E-state index contributed by atoms with van der Waals surface area (Å²) in [4.78, 5) is 0. The van der Waals surface area contributed by atoms with Gasteiger partial charge in [-0.1, -0.05) is 23.8 Å². The van der Waals surface area contributed by atoms with E-state index in [0.717, 1.165) is 25.9 Å². The third-order valence-corrected chi connectivity index (χ3v) is 3.08. The lowest BCUT2D eigenvalue weighted by Gasteiger charge is -2.09. The number of aryl methyl sites for hydroxylation is 2. The van der Waals surface area contributed by atoms with Crippen LogP contribution in [0.3, 0.4) is 0 Å². The molecule has 2 heteroatoms. The average molecular weight is 234 g/mol. The maximum absolute atomic E-state index is 5.70. The molecule has 0 spiro atoms. The van der Waals surface area contributed by atoms with E-state index in [-0.39, 0.29) is 0 Å². The van der Waals surface area contributed by atoms with Gasteiger partial charge >= 0.3 is 0 Å². The van der Waals surface area contributed by atoms with Crippen LogP contribution in [0.25, 0.3) is 0 Å². The highest BCUT2D eigenvalue weighted by atomic mass is 14.8. The van der Waals surface area contributed by atoms with Crippen LogP contribution < -0.4 is 11.1 Å². The van der Waals surface area contributed by atoms with Crippen LogP contribution in [-0.4, -0.2) is 19.1 Å². The summed E-state index contributed by atoms with van der Waals surface area (Å²) in [6.45, 7) is 8.53. The normalized spacial score (nSPS) is 12.7. The number of nitrogens with two attached hydrogens (primary N) is 1. The van der Waals surface area contributed by atoms with E-state index in [1.165, 1.54) is 23.1 Å². The number of nitrogens with one attached hydrogen (secondary N) is 1. The van der Waals surface area contributed by atoms with Crippen molar-refractivity contribution in [2.75, 3.05) is 13.1 Å². The standard InChI is InChI=1S/C15H26N2/c1-12-6-7-15(13(2)11-12)8-10-17-9-4-5-14(3)16/h6-7,11,14,17H,4-5,8-10,16H2,1-3H3. The predicted molar refractivity (Wildman–Crippen MR) is 75.4 cm³/mol. The number of hydrogen-bond donors (Lipinski definition) is 2. The van der Waals surface area contributed by atoms with Crippen LogP contribution in [0.5, 0.6) is 0 Å². The molecule has 0 aliphatic heterocycles. The minimum atomic E-state index is 0.330. The van der Waals surface area contributed by atoms with Crippen molar-refractivity contribution >= 4 is 0 Å². The molecule has 0 heterocycles. The lowest BCUT2D eigenvalue weighted by atomic mass is 10.0. The van der Waals surface area contributed by atoms with E-state index >= 15 is 0 Å². The molecule has 3 N–H and O–H groups in total. The van der Waals surface area contributed by atoms with Crippen LogP contribution in [0.15, 0.2) is 18.2 Å². The number of benzene rings is 1. The van der Waals surface area contributed by atoms with E-state index in [1.807, 2.05) is 0 Å². The molecule has 0 aliphatic rings. The Balaban J connectivity index is 2.18. The van der Waals surface area contributed by atoms with E-state index < -0.39 is 0 Å². The maximum atomic E-state index is 5.70. The Morgan fingerprint density at radius 3 is 2.65 bits per heavy atom. The molecule has 1 unspecified atom stereocenters. The van der Waals surface area contributed by atoms with E-state index in [9.17, 15) is 0 Å². The average Bonchev–Trinajstić information content (AvgIpc) is 2.25. The maximum Gasteiger partial charge on any atom is 0.00109 e. The van der Waals surface area contributed by atoms with Gasteiger partial charge in [-0.05, 0) is 64.3 Å². The second kappa shape index (κ2) is 7.46. The van der Waals surface area contributed by atoms with Gasteiger partial charge in [0.2, 0.25) is 0 Å². The van der Waals surface area contributed by atoms with E-state index in [0.29, 0.717) is 6.04 Å². The SMILES string of the molecule is Cc1ccc(CCNCCCC(C)N)c(C)c1. The van der Waals surface area contributed by atoms with Crippen LogP contribution >= 0.6 is 0 Å². The van der Waals surface area contributed by atoms with E-state index in [1.54, 1.807) is 0 Å². The van der Waals surface area contributed by atoms with Gasteiger partial charge in [0, 0.05) is 6.04 Å². The Labute approximate surface area is 106 Å². The van der Waals surface area contributed by atoms with Crippen molar-refractivity contribution in [2.45, 2.75) is 46.1 Å². The lowest BCUT2D eigenvalue weighted by Crippen LogP contribution is -2.22. The van der Waals surface area contributed by atoms with Crippen molar-refractivity contribution in [3.8, 4) is 0 Å². The second-order valence-electron chi connectivity index (χ2n) is 5.05. The smallest absolute Gasteiger partial charge is 0.00109 e. The molecule has 0 saturated heterocycles.